The zero-order chi connectivity index (χ0) is 17.4. The largest absolute Gasteiger partial charge is 0.478 e. The van der Waals surface area contributed by atoms with E-state index in [9.17, 15) is 14.4 Å². The Kier molecular flexibility index (Phi) is 6.68. The van der Waals surface area contributed by atoms with Crippen LogP contribution >= 0.6 is 0 Å². The Balaban J connectivity index is 0.000000238. The summed E-state index contributed by atoms with van der Waals surface area (Å²) in [5.74, 6) is -2.01. The topological polar surface area (TPSA) is 91.7 Å². The van der Waals surface area contributed by atoms with E-state index in [1.165, 1.54) is 25.1 Å². The summed E-state index contributed by atoms with van der Waals surface area (Å²) in [7, 11) is 0. The maximum Gasteiger partial charge on any atom is 0.335 e. The van der Waals surface area contributed by atoms with E-state index < -0.39 is 11.9 Å². The first kappa shape index (κ1) is 18.1. The summed E-state index contributed by atoms with van der Waals surface area (Å²) < 4.78 is 0. The summed E-state index contributed by atoms with van der Waals surface area (Å²) in [6, 6.07) is 13.9. The van der Waals surface area contributed by atoms with E-state index in [4.69, 9.17) is 10.2 Å². The minimum Gasteiger partial charge on any atom is -0.478 e. The fourth-order valence-corrected chi connectivity index (χ4v) is 1.98. The lowest BCUT2D eigenvalue weighted by Gasteiger charge is -2.03. The number of carboxylic acid groups (broad SMARTS) is 2. The lowest BCUT2D eigenvalue weighted by Crippen LogP contribution is -2.06. The van der Waals surface area contributed by atoms with Crippen molar-refractivity contribution in [3.8, 4) is 0 Å². The molecule has 2 aromatic rings. The molecule has 0 fully saturated rings. The van der Waals surface area contributed by atoms with Gasteiger partial charge in [-0.3, -0.25) is 4.79 Å². The van der Waals surface area contributed by atoms with Crippen LogP contribution in [0.2, 0.25) is 0 Å². The van der Waals surface area contributed by atoms with Gasteiger partial charge in [0.15, 0.2) is 0 Å². The van der Waals surface area contributed by atoms with Crippen LogP contribution in [-0.2, 0) is 11.2 Å². The first-order chi connectivity index (χ1) is 10.8. The van der Waals surface area contributed by atoms with Gasteiger partial charge in [-0.05, 0) is 37.1 Å². The Labute approximate surface area is 134 Å². The molecule has 0 aromatic heterocycles. The molecule has 0 radical (unpaired) electrons. The number of ketones is 1. The predicted molar refractivity (Wildman–Crippen MR) is 85.9 cm³/mol. The van der Waals surface area contributed by atoms with Crippen LogP contribution in [0.4, 0.5) is 0 Å². The molecule has 5 heteroatoms. The van der Waals surface area contributed by atoms with E-state index >= 15 is 0 Å². The van der Waals surface area contributed by atoms with Gasteiger partial charge in [0.1, 0.15) is 5.78 Å². The van der Waals surface area contributed by atoms with Crippen LogP contribution in [-0.4, -0.2) is 27.9 Å². The highest BCUT2D eigenvalue weighted by molar-refractivity contribution is 5.96. The van der Waals surface area contributed by atoms with Crippen molar-refractivity contribution < 1.29 is 24.6 Å². The van der Waals surface area contributed by atoms with Crippen LogP contribution in [0.15, 0.2) is 48.5 Å². The highest BCUT2D eigenvalue weighted by Crippen LogP contribution is 2.13. The molecule has 0 heterocycles. The first-order valence-corrected chi connectivity index (χ1v) is 6.92. The highest BCUT2D eigenvalue weighted by atomic mass is 16.4. The normalized spacial score (nSPS) is 9.48. The quantitative estimate of drug-likeness (QED) is 0.904. The smallest absolute Gasteiger partial charge is 0.335 e. The van der Waals surface area contributed by atoms with Gasteiger partial charge in [-0.25, -0.2) is 9.59 Å². The standard InChI is InChI=1S/C9H8O4.C9H10O/c1-5-6(8(10)11)3-2-4-7(5)9(12)13;1-8(10)7-9-5-3-2-4-6-9/h2-4H,1H3,(H,10,11)(H,12,13);2-6H,7H2,1H3. The monoisotopic (exact) mass is 314 g/mol. The van der Waals surface area contributed by atoms with Gasteiger partial charge in [0, 0.05) is 6.42 Å². The molecule has 0 spiro atoms. The van der Waals surface area contributed by atoms with Crippen LogP contribution in [0, 0.1) is 6.92 Å². The molecule has 0 bridgehead atoms. The van der Waals surface area contributed by atoms with Crippen LogP contribution in [0.3, 0.4) is 0 Å². The summed E-state index contributed by atoms with van der Waals surface area (Å²) in [5, 5.41) is 17.4. The van der Waals surface area contributed by atoms with Crippen molar-refractivity contribution in [3.05, 3.63) is 70.8 Å². The van der Waals surface area contributed by atoms with Crippen LogP contribution in [0.1, 0.15) is 38.8 Å². The van der Waals surface area contributed by atoms with Crippen LogP contribution < -0.4 is 0 Å². The first-order valence-electron chi connectivity index (χ1n) is 6.92. The van der Waals surface area contributed by atoms with Gasteiger partial charge in [-0.15, -0.1) is 0 Å². The molecule has 0 aliphatic rings. The highest BCUT2D eigenvalue weighted by Gasteiger charge is 2.13. The number of carbonyl (C=O) groups excluding carboxylic acids is 1. The maximum absolute atomic E-state index is 10.6. The minimum atomic E-state index is -1.11. The van der Waals surface area contributed by atoms with Gasteiger partial charge in [0.05, 0.1) is 11.1 Å². The number of carbonyl (C=O) groups is 3. The lowest BCUT2D eigenvalue weighted by atomic mass is 10.0. The van der Waals surface area contributed by atoms with Crippen molar-refractivity contribution in [1.29, 1.82) is 0 Å². The van der Waals surface area contributed by atoms with Gasteiger partial charge in [0.2, 0.25) is 0 Å². The van der Waals surface area contributed by atoms with Gasteiger partial charge in [-0.2, -0.15) is 0 Å². The molecule has 2 N–H and O–H groups in total. The molecule has 0 aliphatic carbocycles. The van der Waals surface area contributed by atoms with E-state index in [0.29, 0.717) is 6.42 Å². The fraction of sp³-hybridized carbons (Fsp3) is 0.167. The van der Waals surface area contributed by atoms with Crippen LogP contribution in [0.25, 0.3) is 0 Å². The number of benzene rings is 2. The van der Waals surface area contributed by atoms with Crippen LogP contribution in [0.5, 0.6) is 0 Å². The molecule has 23 heavy (non-hydrogen) atoms. The molecule has 2 rings (SSSR count). The van der Waals surface area contributed by atoms with Gasteiger partial charge < -0.3 is 10.2 Å². The number of carboxylic acids is 2. The van der Waals surface area contributed by atoms with Crippen molar-refractivity contribution in [2.45, 2.75) is 20.3 Å². The Morgan fingerprint density at radius 3 is 1.70 bits per heavy atom. The SMILES string of the molecule is CC(=O)Cc1ccccc1.Cc1c(C(=O)O)cccc1C(=O)O. The van der Waals surface area contributed by atoms with Crippen molar-refractivity contribution in [1.82, 2.24) is 0 Å². The maximum atomic E-state index is 10.6. The second-order valence-corrected chi connectivity index (χ2v) is 4.95. The number of Topliss-reactive ketones (excluding diaryl/α,β-unsaturated/α-hetero) is 1. The zero-order valence-corrected chi connectivity index (χ0v) is 12.9. The third kappa shape index (κ3) is 5.74. The third-order valence-corrected chi connectivity index (χ3v) is 3.09. The molecule has 0 unspecified atom stereocenters. The molecule has 120 valence electrons. The van der Waals surface area contributed by atoms with Gasteiger partial charge in [-0.1, -0.05) is 36.4 Å². The molecule has 0 saturated heterocycles. The second-order valence-electron chi connectivity index (χ2n) is 4.95. The molecule has 0 aliphatic heterocycles. The molecular formula is C18H18O5. The zero-order valence-electron chi connectivity index (χ0n) is 12.9. The van der Waals surface area contributed by atoms with Gasteiger partial charge >= 0.3 is 11.9 Å². The van der Waals surface area contributed by atoms with E-state index in [2.05, 4.69) is 0 Å². The number of rotatable bonds is 4. The third-order valence-electron chi connectivity index (χ3n) is 3.09. The Bertz CT molecular complexity index is 672. The average Bonchev–Trinajstić information content (AvgIpc) is 2.48. The van der Waals surface area contributed by atoms with E-state index in [0.717, 1.165) is 5.56 Å². The van der Waals surface area contributed by atoms with E-state index in [1.807, 2.05) is 30.3 Å². The fourth-order valence-electron chi connectivity index (χ4n) is 1.98. The molecule has 5 nitrogen and oxygen atoms in total. The number of aromatic carboxylic acids is 2. The van der Waals surface area contributed by atoms with Crippen molar-refractivity contribution in [2.75, 3.05) is 0 Å². The summed E-state index contributed by atoms with van der Waals surface area (Å²) in [4.78, 5) is 31.8. The van der Waals surface area contributed by atoms with E-state index in [-0.39, 0.29) is 22.5 Å². The minimum absolute atomic E-state index is 0.0277. The molecule has 0 amide bonds. The number of hydrogen-bond donors (Lipinski definition) is 2. The van der Waals surface area contributed by atoms with Crippen molar-refractivity contribution in [2.24, 2.45) is 0 Å². The van der Waals surface area contributed by atoms with E-state index in [1.54, 1.807) is 6.92 Å². The molecule has 0 atom stereocenters. The second kappa shape index (κ2) is 8.48. The Morgan fingerprint density at radius 1 is 0.826 bits per heavy atom. The summed E-state index contributed by atoms with van der Waals surface area (Å²) >= 11 is 0. The van der Waals surface area contributed by atoms with Crippen molar-refractivity contribution >= 4 is 17.7 Å². The summed E-state index contributed by atoms with van der Waals surface area (Å²) in [5.41, 5.74) is 1.43. The molecular weight excluding hydrogens is 296 g/mol. The lowest BCUT2D eigenvalue weighted by molar-refractivity contribution is -0.116. The van der Waals surface area contributed by atoms with Gasteiger partial charge in [0.25, 0.3) is 0 Å². The summed E-state index contributed by atoms with van der Waals surface area (Å²) in [6.45, 7) is 3.08. The molecule has 0 saturated carbocycles. The Morgan fingerprint density at radius 2 is 1.30 bits per heavy atom. The average molecular weight is 314 g/mol. The predicted octanol–water partition coefficient (Wildman–Crippen LogP) is 3.21. The number of hydrogen-bond acceptors (Lipinski definition) is 3. The van der Waals surface area contributed by atoms with Crippen molar-refractivity contribution in [3.63, 3.8) is 0 Å². The summed E-state index contributed by atoms with van der Waals surface area (Å²) in [6.07, 6.45) is 0.556. The Hall–Kier alpha value is -2.95. The molecule has 2 aromatic carbocycles.